The Bertz CT molecular complexity index is 693. The minimum Gasteiger partial charge on any atom is -0.497 e. The van der Waals surface area contributed by atoms with E-state index in [0.29, 0.717) is 11.3 Å². The van der Waals surface area contributed by atoms with E-state index in [1.54, 1.807) is 42.5 Å². The summed E-state index contributed by atoms with van der Waals surface area (Å²) in [5, 5.41) is 8.97. The first-order valence-electron chi connectivity index (χ1n) is 6.58. The first-order chi connectivity index (χ1) is 9.96. The lowest BCUT2D eigenvalue weighted by atomic mass is 10.1. The van der Waals surface area contributed by atoms with E-state index in [1.807, 2.05) is 0 Å². The molecule has 0 aliphatic heterocycles. The zero-order chi connectivity index (χ0) is 15.5. The third-order valence-corrected chi connectivity index (χ3v) is 5.53. The van der Waals surface area contributed by atoms with Crippen LogP contribution in [-0.2, 0) is 9.84 Å². The van der Waals surface area contributed by atoms with Crippen LogP contribution in [0.5, 0.6) is 5.75 Å². The van der Waals surface area contributed by atoms with E-state index >= 15 is 0 Å². The van der Waals surface area contributed by atoms with Crippen molar-refractivity contribution in [2.75, 3.05) is 7.11 Å². The van der Waals surface area contributed by atoms with Gasteiger partial charge in [0, 0.05) is 0 Å². The fourth-order valence-corrected chi connectivity index (χ4v) is 4.15. The predicted molar refractivity (Wildman–Crippen MR) is 81.0 cm³/mol. The monoisotopic (exact) mass is 306 g/mol. The molecule has 0 bridgehead atoms. The largest absolute Gasteiger partial charge is 0.497 e. The van der Waals surface area contributed by atoms with Gasteiger partial charge in [-0.15, -0.1) is 0 Å². The van der Waals surface area contributed by atoms with Crippen molar-refractivity contribution in [3.63, 3.8) is 0 Å². The summed E-state index contributed by atoms with van der Waals surface area (Å²) in [6.45, 7) is 1.48. The Hall–Kier alpha value is -1.85. The predicted octanol–water partition coefficient (Wildman–Crippen LogP) is 2.59. The second-order valence-corrected chi connectivity index (χ2v) is 6.87. The van der Waals surface area contributed by atoms with Gasteiger partial charge in [-0.2, -0.15) is 0 Å². The molecule has 0 aliphatic carbocycles. The summed E-state index contributed by atoms with van der Waals surface area (Å²) in [6, 6.07) is 14.9. The van der Waals surface area contributed by atoms with E-state index in [9.17, 15) is 13.5 Å². The minimum atomic E-state index is -3.68. The van der Waals surface area contributed by atoms with Crippen molar-refractivity contribution >= 4 is 9.84 Å². The average Bonchev–Trinajstić information content (AvgIpc) is 2.48. The molecule has 112 valence electrons. The van der Waals surface area contributed by atoms with Crippen LogP contribution < -0.4 is 4.74 Å². The van der Waals surface area contributed by atoms with E-state index in [-0.39, 0.29) is 4.90 Å². The fourth-order valence-electron chi connectivity index (χ4n) is 2.29. The molecule has 1 N–H and O–H groups in total. The molecular formula is C16H18O4S. The molecule has 0 spiro atoms. The van der Waals surface area contributed by atoms with Crippen LogP contribution in [0, 0.1) is 0 Å². The van der Waals surface area contributed by atoms with E-state index in [2.05, 4.69) is 0 Å². The molecule has 0 fully saturated rings. The standard InChI is InChI=1S/C16H18O4S/c1-12(17)16(13-7-6-8-14(11-13)20-2)21(18,19)15-9-4-3-5-10-15/h3-12,16-17H,1-2H3. The number of hydrogen-bond acceptors (Lipinski definition) is 4. The molecule has 0 aliphatic rings. The molecule has 5 heteroatoms. The lowest BCUT2D eigenvalue weighted by Gasteiger charge is -2.21. The van der Waals surface area contributed by atoms with Crippen LogP contribution in [-0.4, -0.2) is 26.7 Å². The molecule has 2 aromatic rings. The van der Waals surface area contributed by atoms with Gasteiger partial charge >= 0.3 is 0 Å². The molecule has 21 heavy (non-hydrogen) atoms. The van der Waals surface area contributed by atoms with Crippen molar-refractivity contribution < 1.29 is 18.3 Å². The van der Waals surface area contributed by atoms with Crippen LogP contribution in [0.3, 0.4) is 0 Å². The molecule has 0 amide bonds. The first kappa shape index (κ1) is 15.5. The number of aliphatic hydroxyl groups excluding tert-OH is 1. The third-order valence-electron chi connectivity index (χ3n) is 3.27. The van der Waals surface area contributed by atoms with Crippen LogP contribution in [0.1, 0.15) is 17.7 Å². The van der Waals surface area contributed by atoms with E-state index < -0.39 is 21.2 Å². The molecule has 4 nitrogen and oxygen atoms in total. The summed E-state index contributed by atoms with van der Waals surface area (Å²) in [5.41, 5.74) is 0.508. The van der Waals surface area contributed by atoms with Gasteiger partial charge in [0.2, 0.25) is 0 Å². The van der Waals surface area contributed by atoms with Crippen molar-refractivity contribution in [2.24, 2.45) is 0 Å². The van der Waals surface area contributed by atoms with Gasteiger partial charge in [-0.3, -0.25) is 0 Å². The molecule has 0 saturated heterocycles. The number of rotatable bonds is 5. The molecular weight excluding hydrogens is 288 g/mol. The summed E-state index contributed by atoms with van der Waals surface area (Å²) >= 11 is 0. The zero-order valence-corrected chi connectivity index (χ0v) is 12.7. The highest BCUT2D eigenvalue weighted by molar-refractivity contribution is 7.91. The highest BCUT2D eigenvalue weighted by Crippen LogP contribution is 2.33. The van der Waals surface area contributed by atoms with Gasteiger partial charge in [0.1, 0.15) is 11.0 Å². The second kappa shape index (κ2) is 6.28. The van der Waals surface area contributed by atoms with Crippen LogP contribution in [0.2, 0.25) is 0 Å². The SMILES string of the molecule is COc1cccc(C(C(C)O)S(=O)(=O)c2ccccc2)c1. The van der Waals surface area contributed by atoms with E-state index in [1.165, 1.54) is 26.2 Å². The Kier molecular flexibility index (Phi) is 4.65. The van der Waals surface area contributed by atoms with Gasteiger partial charge in [-0.25, -0.2) is 8.42 Å². The van der Waals surface area contributed by atoms with Crippen molar-refractivity contribution in [1.82, 2.24) is 0 Å². The Morgan fingerprint density at radius 2 is 1.71 bits per heavy atom. The molecule has 0 heterocycles. The van der Waals surface area contributed by atoms with Crippen molar-refractivity contribution in [2.45, 2.75) is 23.2 Å². The topological polar surface area (TPSA) is 63.6 Å². The van der Waals surface area contributed by atoms with E-state index in [4.69, 9.17) is 4.74 Å². The molecule has 0 radical (unpaired) electrons. The molecule has 2 atom stereocenters. The van der Waals surface area contributed by atoms with Crippen LogP contribution in [0.15, 0.2) is 59.5 Å². The van der Waals surface area contributed by atoms with E-state index in [0.717, 1.165) is 0 Å². The van der Waals surface area contributed by atoms with Crippen molar-refractivity contribution in [1.29, 1.82) is 0 Å². The Morgan fingerprint density at radius 3 is 2.29 bits per heavy atom. The number of aliphatic hydroxyl groups is 1. The van der Waals surface area contributed by atoms with Gasteiger partial charge in [0.15, 0.2) is 9.84 Å². The second-order valence-electron chi connectivity index (χ2n) is 4.80. The first-order valence-corrected chi connectivity index (χ1v) is 8.12. The Labute approximate surface area is 124 Å². The zero-order valence-electron chi connectivity index (χ0n) is 11.9. The number of methoxy groups -OCH3 is 1. The summed E-state index contributed by atoms with van der Waals surface area (Å²) < 4.78 is 30.7. The summed E-state index contributed by atoms with van der Waals surface area (Å²) in [4.78, 5) is 0.193. The summed E-state index contributed by atoms with van der Waals surface area (Å²) in [7, 11) is -2.17. The molecule has 0 aromatic heterocycles. The van der Waals surface area contributed by atoms with Gasteiger partial charge in [-0.05, 0) is 36.8 Å². The molecule has 0 saturated carbocycles. The number of hydrogen-bond donors (Lipinski definition) is 1. The highest BCUT2D eigenvalue weighted by atomic mass is 32.2. The van der Waals surface area contributed by atoms with Gasteiger partial charge in [0.05, 0.1) is 18.1 Å². The number of ether oxygens (including phenoxy) is 1. The van der Waals surface area contributed by atoms with Crippen molar-refractivity contribution in [3.8, 4) is 5.75 Å². The quantitative estimate of drug-likeness (QED) is 0.922. The van der Waals surface area contributed by atoms with Gasteiger partial charge in [-0.1, -0.05) is 30.3 Å². The molecule has 2 unspecified atom stereocenters. The molecule has 2 rings (SSSR count). The minimum absolute atomic E-state index is 0.193. The lowest BCUT2D eigenvalue weighted by Crippen LogP contribution is -2.24. The maximum Gasteiger partial charge on any atom is 0.187 e. The van der Waals surface area contributed by atoms with Crippen LogP contribution in [0.25, 0.3) is 0 Å². The fraction of sp³-hybridized carbons (Fsp3) is 0.250. The van der Waals surface area contributed by atoms with Gasteiger partial charge in [0.25, 0.3) is 0 Å². The Morgan fingerprint density at radius 1 is 1.05 bits per heavy atom. The third kappa shape index (κ3) is 3.25. The Balaban J connectivity index is 2.53. The smallest absolute Gasteiger partial charge is 0.187 e. The molecule has 2 aromatic carbocycles. The maximum absolute atomic E-state index is 12.8. The summed E-state index contributed by atoms with van der Waals surface area (Å²) in [5.74, 6) is 0.557. The highest BCUT2D eigenvalue weighted by Gasteiger charge is 2.33. The van der Waals surface area contributed by atoms with Crippen LogP contribution in [0.4, 0.5) is 0 Å². The number of benzene rings is 2. The number of sulfone groups is 1. The summed E-state index contributed by atoms with van der Waals surface area (Å²) in [6.07, 6.45) is -1.04. The normalized spacial score (nSPS) is 14.4. The van der Waals surface area contributed by atoms with Crippen molar-refractivity contribution in [3.05, 3.63) is 60.2 Å². The average molecular weight is 306 g/mol. The lowest BCUT2D eigenvalue weighted by molar-refractivity contribution is 0.188. The van der Waals surface area contributed by atoms with Gasteiger partial charge < -0.3 is 9.84 Å². The maximum atomic E-state index is 12.8. The van der Waals surface area contributed by atoms with Crippen LogP contribution >= 0.6 is 0 Å².